The number of piperidine rings is 1. The van der Waals surface area contributed by atoms with Crippen LogP contribution in [0.25, 0.3) is 0 Å². The Morgan fingerprint density at radius 1 is 1.40 bits per heavy atom. The van der Waals surface area contributed by atoms with Crippen LogP contribution in [0.5, 0.6) is 0 Å². The highest BCUT2D eigenvalue weighted by Crippen LogP contribution is 2.24. The van der Waals surface area contributed by atoms with Crippen molar-refractivity contribution in [3.8, 4) is 0 Å². The summed E-state index contributed by atoms with van der Waals surface area (Å²) in [7, 11) is 0. The maximum atomic E-state index is 12.3. The Morgan fingerprint density at radius 2 is 2.15 bits per heavy atom. The quantitative estimate of drug-likeness (QED) is 0.849. The second-order valence-electron chi connectivity index (χ2n) is 5.52. The highest BCUT2D eigenvalue weighted by Gasteiger charge is 2.28. The SMILES string of the molecule is CC1CCN(C(=O)CCSc2ccccc2)C(CN)C1. The summed E-state index contributed by atoms with van der Waals surface area (Å²) in [5, 5.41) is 0. The van der Waals surface area contributed by atoms with E-state index in [0.717, 1.165) is 25.1 Å². The number of nitrogens with two attached hydrogens (primary N) is 1. The van der Waals surface area contributed by atoms with E-state index in [9.17, 15) is 4.79 Å². The number of carbonyl (C=O) groups is 1. The average Bonchev–Trinajstić information content (AvgIpc) is 2.48. The van der Waals surface area contributed by atoms with E-state index in [4.69, 9.17) is 5.73 Å². The topological polar surface area (TPSA) is 46.3 Å². The molecule has 0 aromatic heterocycles. The molecule has 0 spiro atoms. The number of hydrogen-bond acceptors (Lipinski definition) is 3. The van der Waals surface area contributed by atoms with E-state index >= 15 is 0 Å². The summed E-state index contributed by atoms with van der Waals surface area (Å²) in [5.74, 6) is 1.79. The minimum absolute atomic E-state index is 0.243. The Kier molecular flexibility index (Phi) is 5.92. The van der Waals surface area contributed by atoms with Crippen LogP contribution in [0.1, 0.15) is 26.2 Å². The van der Waals surface area contributed by atoms with E-state index in [2.05, 4.69) is 19.1 Å². The predicted molar refractivity (Wildman–Crippen MR) is 84.7 cm³/mol. The lowest BCUT2D eigenvalue weighted by atomic mass is 9.92. The largest absolute Gasteiger partial charge is 0.338 e. The number of nitrogens with zero attached hydrogens (tertiary/aromatic N) is 1. The fraction of sp³-hybridized carbons (Fsp3) is 0.562. The van der Waals surface area contributed by atoms with Gasteiger partial charge in [-0.2, -0.15) is 0 Å². The maximum Gasteiger partial charge on any atom is 0.223 e. The number of likely N-dealkylation sites (tertiary alicyclic amines) is 1. The molecule has 0 aliphatic carbocycles. The zero-order valence-electron chi connectivity index (χ0n) is 12.1. The summed E-state index contributed by atoms with van der Waals surface area (Å²) in [6.45, 7) is 3.70. The number of benzene rings is 1. The third-order valence-corrected chi connectivity index (χ3v) is 4.91. The molecule has 1 aromatic carbocycles. The molecule has 2 N–H and O–H groups in total. The van der Waals surface area contributed by atoms with Gasteiger partial charge in [-0.1, -0.05) is 25.1 Å². The van der Waals surface area contributed by atoms with Gasteiger partial charge in [0.2, 0.25) is 5.91 Å². The van der Waals surface area contributed by atoms with Gasteiger partial charge in [0.25, 0.3) is 0 Å². The van der Waals surface area contributed by atoms with Crippen molar-refractivity contribution in [1.82, 2.24) is 4.90 Å². The minimum atomic E-state index is 0.243. The van der Waals surface area contributed by atoms with E-state index < -0.39 is 0 Å². The van der Waals surface area contributed by atoms with Gasteiger partial charge in [-0.15, -0.1) is 11.8 Å². The lowest BCUT2D eigenvalue weighted by Crippen LogP contribution is -2.49. The zero-order valence-corrected chi connectivity index (χ0v) is 12.9. The van der Waals surface area contributed by atoms with Crippen LogP contribution in [0.2, 0.25) is 0 Å². The van der Waals surface area contributed by atoms with Gasteiger partial charge in [0, 0.05) is 36.2 Å². The first-order valence-corrected chi connectivity index (χ1v) is 8.36. The number of thioether (sulfide) groups is 1. The second kappa shape index (κ2) is 7.70. The zero-order chi connectivity index (χ0) is 14.4. The molecular formula is C16H24N2OS. The molecule has 1 heterocycles. The van der Waals surface area contributed by atoms with Crippen LogP contribution >= 0.6 is 11.8 Å². The molecule has 20 heavy (non-hydrogen) atoms. The monoisotopic (exact) mass is 292 g/mol. The lowest BCUT2D eigenvalue weighted by Gasteiger charge is -2.38. The molecule has 2 atom stereocenters. The van der Waals surface area contributed by atoms with Crippen molar-refractivity contribution in [2.75, 3.05) is 18.8 Å². The average molecular weight is 292 g/mol. The fourth-order valence-corrected chi connectivity index (χ4v) is 3.58. The molecule has 0 radical (unpaired) electrons. The summed E-state index contributed by atoms with van der Waals surface area (Å²) in [5.41, 5.74) is 5.81. The van der Waals surface area contributed by atoms with Crippen LogP contribution in [0.15, 0.2) is 35.2 Å². The van der Waals surface area contributed by atoms with E-state index in [1.54, 1.807) is 11.8 Å². The van der Waals surface area contributed by atoms with Crippen LogP contribution in [-0.2, 0) is 4.79 Å². The molecule has 1 saturated heterocycles. The number of carbonyl (C=O) groups excluding carboxylic acids is 1. The van der Waals surface area contributed by atoms with E-state index in [-0.39, 0.29) is 11.9 Å². The predicted octanol–water partition coefficient (Wildman–Crippen LogP) is 2.75. The van der Waals surface area contributed by atoms with Gasteiger partial charge in [0.15, 0.2) is 0 Å². The third-order valence-electron chi connectivity index (χ3n) is 3.90. The maximum absolute atomic E-state index is 12.3. The third kappa shape index (κ3) is 4.25. The molecule has 0 saturated carbocycles. The van der Waals surface area contributed by atoms with Gasteiger partial charge >= 0.3 is 0 Å². The van der Waals surface area contributed by atoms with E-state index in [0.29, 0.717) is 18.9 Å². The molecule has 3 nitrogen and oxygen atoms in total. The van der Waals surface area contributed by atoms with Crippen molar-refractivity contribution in [1.29, 1.82) is 0 Å². The van der Waals surface area contributed by atoms with Gasteiger partial charge in [-0.05, 0) is 30.9 Å². The first kappa shape index (κ1) is 15.4. The Bertz CT molecular complexity index is 424. The normalized spacial score (nSPS) is 22.8. The van der Waals surface area contributed by atoms with E-state index in [1.807, 2.05) is 23.1 Å². The second-order valence-corrected chi connectivity index (χ2v) is 6.69. The summed E-state index contributed by atoms with van der Waals surface area (Å²) in [4.78, 5) is 15.6. The Morgan fingerprint density at radius 3 is 2.85 bits per heavy atom. The summed E-state index contributed by atoms with van der Waals surface area (Å²) in [6.07, 6.45) is 2.76. The number of amides is 1. The molecule has 1 aliphatic rings. The summed E-state index contributed by atoms with van der Waals surface area (Å²) >= 11 is 1.74. The molecule has 1 fully saturated rings. The van der Waals surface area contributed by atoms with Crippen molar-refractivity contribution < 1.29 is 4.79 Å². The van der Waals surface area contributed by atoms with Crippen LogP contribution in [0.4, 0.5) is 0 Å². The fourth-order valence-electron chi connectivity index (χ4n) is 2.72. The standard InChI is InChI=1S/C16H24N2OS/c1-13-7-9-18(14(11-13)12-17)16(19)8-10-20-15-5-3-2-4-6-15/h2-6,13-14H,7-12,17H2,1H3. The van der Waals surface area contributed by atoms with Crippen molar-refractivity contribution in [2.45, 2.75) is 37.1 Å². The molecule has 2 rings (SSSR count). The van der Waals surface area contributed by atoms with Crippen LogP contribution in [0.3, 0.4) is 0 Å². The minimum Gasteiger partial charge on any atom is -0.338 e. The lowest BCUT2D eigenvalue weighted by molar-refractivity contribution is -0.134. The molecule has 1 amide bonds. The molecule has 2 unspecified atom stereocenters. The van der Waals surface area contributed by atoms with Gasteiger partial charge in [0.1, 0.15) is 0 Å². The summed E-state index contributed by atoms with van der Waals surface area (Å²) < 4.78 is 0. The molecule has 0 bridgehead atoms. The molecule has 1 aliphatic heterocycles. The van der Waals surface area contributed by atoms with Crippen molar-refractivity contribution >= 4 is 17.7 Å². The molecule has 4 heteroatoms. The smallest absolute Gasteiger partial charge is 0.223 e. The number of rotatable bonds is 5. The molecule has 110 valence electrons. The first-order chi connectivity index (χ1) is 9.70. The summed E-state index contributed by atoms with van der Waals surface area (Å²) in [6, 6.07) is 10.5. The number of hydrogen-bond donors (Lipinski definition) is 1. The molecular weight excluding hydrogens is 268 g/mol. The van der Waals surface area contributed by atoms with Crippen molar-refractivity contribution in [2.24, 2.45) is 11.7 Å². The first-order valence-electron chi connectivity index (χ1n) is 7.38. The van der Waals surface area contributed by atoms with Crippen LogP contribution < -0.4 is 5.73 Å². The van der Waals surface area contributed by atoms with Crippen molar-refractivity contribution in [3.05, 3.63) is 30.3 Å². The van der Waals surface area contributed by atoms with Gasteiger partial charge in [-0.3, -0.25) is 4.79 Å². The molecule has 1 aromatic rings. The Labute approximate surface area is 125 Å². The van der Waals surface area contributed by atoms with Crippen molar-refractivity contribution in [3.63, 3.8) is 0 Å². The van der Waals surface area contributed by atoms with Gasteiger partial charge < -0.3 is 10.6 Å². The Balaban J connectivity index is 1.79. The van der Waals surface area contributed by atoms with Crippen LogP contribution in [0, 0.1) is 5.92 Å². The highest BCUT2D eigenvalue weighted by molar-refractivity contribution is 7.99. The highest BCUT2D eigenvalue weighted by atomic mass is 32.2. The van der Waals surface area contributed by atoms with Gasteiger partial charge in [-0.25, -0.2) is 0 Å². The van der Waals surface area contributed by atoms with Crippen LogP contribution in [-0.4, -0.2) is 35.7 Å². The van der Waals surface area contributed by atoms with E-state index in [1.165, 1.54) is 4.90 Å². The Hall–Kier alpha value is -1.00. The van der Waals surface area contributed by atoms with Gasteiger partial charge in [0.05, 0.1) is 0 Å².